The van der Waals surface area contributed by atoms with Crippen molar-refractivity contribution >= 4 is 18.3 Å². The lowest BCUT2D eigenvalue weighted by atomic mass is 10.0. The molecule has 0 fully saturated rings. The molecule has 1 aromatic rings. The van der Waals surface area contributed by atoms with E-state index in [1.54, 1.807) is 0 Å². The van der Waals surface area contributed by atoms with Crippen molar-refractivity contribution in [2.24, 2.45) is 5.73 Å². The first-order valence-corrected chi connectivity index (χ1v) is 5.69. The molecule has 0 spiro atoms. The number of ether oxygens (including phenoxy) is 1. The van der Waals surface area contributed by atoms with Crippen molar-refractivity contribution in [3.8, 4) is 0 Å². The molecule has 0 aliphatic carbocycles. The maximum Gasteiger partial charge on any atom is 0.250 e. The molecule has 1 rings (SSSR count). The van der Waals surface area contributed by atoms with Crippen LogP contribution in [-0.4, -0.2) is 25.7 Å². The summed E-state index contributed by atoms with van der Waals surface area (Å²) >= 11 is 0. The van der Waals surface area contributed by atoms with E-state index in [1.165, 1.54) is 7.11 Å². The second-order valence-corrected chi connectivity index (χ2v) is 4.05. The number of carbonyl (C=O) groups is 1. The topological polar surface area (TPSA) is 64.3 Å². The summed E-state index contributed by atoms with van der Waals surface area (Å²) in [6, 6.07) is 7.92. The average molecular weight is 273 g/mol. The van der Waals surface area contributed by atoms with Crippen LogP contribution in [0.3, 0.4) is 0 Å². The Hall–Kier alpha value is -1.10. The fourth-order valence-corrected chi connectivity index (χ4v) is 1.77. The minimum absolute atomic E-state index is 0. The van der Waals surface area contributed by atoms with Crippen LogP contribution in [0.1, 0.15) is 24.1 Å². The highest BCUT2D eigenvalue weighted by molar-refractivity contribution is 5.85. The van der Waals surface area contributed by atoms with Gasteiger partial charge in [-0.2, -0.15) is 0 Å². The van der Waals surface area contributed by atoms with Crippen LogP contribution in [-0.2, 0) is 9.53 Å². The zero-order chi connectivity index (χ0) is 12.8. The van der Waals surface area contributed by atoms with E-state index >= 15 is 0 Å². The predicted octanol–water partition coefficient (Wildman–Crippen LogP) is 1.57. The van der Waals surface area contributed by atoms with Crippen molar-refractivity contribution in [2.75, 3.05) is 13.7 Å². The van der Waals surface area contributed by atoms with E-state index < -0.39 is 6.10 Å². The third kappa shape index (κ3) is 4.29. The van der Waals surface area contributed by atoms with Crippen LogP contribution >= 0.6 is 12.4 Å². The Morgan fingerprint density at radius 2 is 2.06 bits per heavy atom. The van der Waals surface area contributed by atoms with E-state index in [-0.39, 0.29) is 30.9 Å². The third-order valence-corrected chi connectivity index (χ3v) is 2.80. The molecule has 0 bridgehead atoms. The van der Waals surface area contributed by atoms with E-state index in [2.05, 4.69) is 5.32 Å². The molecule has 5 heteroatoms. The van der Waals surface area contributed by atoms with Crippen LogP contribution in [0.2, 0.25) is 0 Å². The summed E-state index contributed by atoms with van der Waals surface area (Å²) in [5.41, 5.74) is 7.70. The van der Waals surface area contributed by atoms with E-state index in [9.17, 15) is 4.79 Å². The van der Waals surface area contributed by atoms with Crippen LogP contribution in [0.4, 0.5) is 0 Å². The molecule has 1 aromatic carbocycles. The zero-order valence-corrected chi connectivity index (χ0v) is 11.8. The molecule has 0 aliphatic heterocycles. The van der Waals surface area contributed by atoms with E-state index in [0.29, 0.717) is 0 Å². The summed E-state index contributed by atoms with van der Waals surface area (Å²) in [4.78, 5) is 11.8. The second-order valence-electron chi connectivity index (χ2n) is 4.05. The molecule has 0 saturated carbocycles. The number of nitrogens with one attached hydrogen (secondary N) is 1. The Morgan fingerprint density at radius 3 is 2.56 bits per heavy atom. The van der Waals surface area contributed by atoms with E-state index in [1.807, 2.05) is 38.1 Å². The molecule has 0 heterocycles. The Kier molecular flexibility index (Phi) is 7.59. The number of hydrogen-bond acceptors (Lipinski definition) is 3. The largest absolute Gasteiger partial charge is 0.370 e. The molecule has 0 aliphatic rings. The van der Waals surface area contributed by atoms with Gasteiger partial charge in [-0.15, -0.1) is 12.4 Å². The molecule has 4 nitrogen and oxygen atoms in total. The van der Waals surface area contributed by atoms with Crippen LogP contribution < -0.4 is 11.1 Å². The molecular formula is C13H21ClN2O2. The van der Waals surface area contributed by atoms with Gasteiger partial charge >= 0.3 is 0 Å². The lowest BCUT2D eigenvalue weighted by molar-refractivity contribution is -0.131. The summed E-state index contributed by atoms with van der Waals surface area (Å²) in [6.45, 7) is 4.15. The maximum atomic E-state index is 11.8. The van der Waals surface area contributed by atoms with Gasteiger partial charge in [-0.05, 0) is 25.0 Å². The van der Waals surface area contributed by atoms with E-state index in [4.69, 9.17) is 10.5 Å². The Morgan fingerprint density at radius 1 is 1.44 bits per heavy atom. The summed E-state index contributed by atoms with van der Waals surface area (Å²) in [5.74, 6) is -0.175. The fraction of sp³-hybridized carbons (Fsp3) is 0.462. The van der Waals surface area contributed by atoms with Gasteiger partial charge in [-0.1, -0.05) is 24.3 Å². The van der Waals surface area contributed by atoms with Gasteiger partial charge in [0.15, 0.2) is 0 Å². The molecule has 18 heavy (non-hydrogen) atoms. The minimum Gasteiger partial charge on any atom is -0.370 e. The van der Waals surface area contributed by atoms with Crippen LogP contribution in [0.25, 0.3) is 0 Å². The molecule has 0 saturated heterocycles. The number of amides is 1. The van der Waals surface area contributed by atoms with Crippen molar-refractivity contribution in [1.82, 2.24) is 5.32 Å². The summed E-state index contributed by atoms with van der Waals surface area (Å²) in [7, 11) is 1.48. The Bertz CT molecular complexity index is 381. The van der Waals surface area contributed by atoms with E-state index in [0.717, 1.165) is 11.1 Å². The lowest BCUT2D eigenvalue weighted by Gasteiger charge is -2.19. The Labute approximate surface area is 114 Å². The third-order valence-electron chi connectivity index (χ3n) is 2.80. The van der Waals surface area contributed by atoms with Gasteiger partial charge in [0.25, 0.3) is 5.91 Å². The molecule has 1 amide bonds. The highest BCUT2D eigenvalue weighted by atomic mass is 35.5. The first-order chi connectivity index (χ1) is 8.10. The zero-order valence-electron chi connectivity index (χ0n) is 11.0. The Balaban J connectivity index is 0.00000289. The van der Waals surface area contributed by atoms with Crippen molar-refractivity contribution in [3.63, 3.8) is 0 Å². The quantitative estimate of drug-likeness (QED) is 0.855. The molecule has 2 atom stereocenters. The molecule has 102 valence electrons. The SMILES string of the molecule is COC(CN)C(=O)NC(C)c1ccccc1C.Cl. The lowest BCUT2D eigenvalue weighted by Crippen LogP contribution is -2.41. The highest BCUT2D eigenvalue weighted by Gasteiger charge is 2.18. The standard InChI is InChI=1S/C13H20N2O2.ClH/c1-9-6-4-5-7-11(9)10(2)15-13(16)12(8-14)17-3;/h4-7,10,12H,8,14H2,1-3H3,(H,15,16);1H. The number of methoxy groups -OCH3 is 1. The molecule has 3 N–H and O–H groups in total. The van der Waals surface area contributed by atoms with Gasteiger partial charge in [0.2, 0.25) is 0 Å². The number of carbonyl (C=O) groups excluding carboxylic acids is 1. The number of hydrogen-bond donors (Lipinski definition) is 2. The minimum atomic E-state index is -0.582. The number of benzene rings is 1. The predicted molar refractivity (Wildman–Crippen MR) is 74.8 cm³/mol. The normalized spacial score (nSPS) is 13.3. The number of rotatable bonds is 5. The van der Waals surface area contributed by atoms with Crippen LogP contribution in [0.5, 0.6) is 0 Å². The number of nitrogens with two attached hydrogens (primary N) is 1. The number of halogens is 1. The summed E-state index contributed by atoms with van der Waals surface area (Å²) in [6.07, 6.45) is -0.582. The molecule has 2 unspecified atom stereocenters. The summed E-state index contributed by atoms with van der Waals surface area (Å²) < 4.78 is 4.99. The fourth-order valence-electron chi connectivity index (χ4n) is 1.77. The number of aryl methyl sites for hydroxylation is 1. The average Bonchev–Trinajstić information content (AvgIpc) is 2.31. The van der Waals surface area contributed by atoms with Crippen molar-refractivity contribution in [3.05, 3.63) is 35.4 Å². The first kappa shape index (κ1) is 16.9. The van der Waals surface area contributed by atoms with Crippen LogP contribution in [0, 0.1) is 6.92 Å². The first-order valence-electron chi connectivity index (χ1n) is 5.69. The monoisotopic (exact) mass is 272 g/mol. The van der Waals surface area contributed by atoms with Crippen molar-refractivity contribution < 1.29 is 9.53 Å². The highest BCUT2D eigenvalue weighted by Crippen LogP contribution is 2.16. The summed E-state index contributed by atoms with van der Waals surface area (Å²) in [5, 5.41) is 2.90. The van der Waals surface area contributed by atoms with Gasteiger partial charge in [0.05, 0.1) is 6.04 Å². The van der Waals surface area contributed by atoms with Gasteiger partial charge in [-0.3, -0.25) is 4.79 Å². The smallest absolute Gasteiger partial charge is 0.250 e. The van der Waals surface area contributed by atoms with Gasteiger partial charge < -0.3 is 15.8 Å². The van der Waals surface area contributed by atoms with Crippen molar-refractivity contribution in [2.45, 2.75) is 26.0 Å². The van der Waals surface area contributed by atoms with Gasteiger partial charge in [0, 0.05) is 13.7 Å². The molecule has 0 radical (unpaired) electrons. The van der Waals surface area contributed by atoms with Crippen LogP contribution in [0.15, 0.2) is 24.3 Å². The van der Waals surface area contributed by atoms with Gasteiger partial charge in [0.1, 0.15) is 6.10 Å². The maximum absolute atomic E-state index is 11.8. The van der Waals surface area contributed by atoms with Gasteiger partial charge in [-0.25, -0.2) is 0 Å². The van der Waals surface area contributed by atoms with Crippen molar-refractivity contribution in [1.29, 1.82) is 0 Å². The molecular weight excluding hydrogens is 252 g/mol. The second kappa shape index (κ2) is 8.08. The molecule has 0 aromatic heterocycles.